The van der Waals surface area contributed by atoms with Gasteiger partial charge < -0.3 is 5.11 Å². The number of phenols is 1. The van der Waals surface area contributed by atoms with Crippen molar-refractivity contribution >= 4 is 10.4 Å². The second-order valence-electron chi connectivity index (χ2n) is 5.53. The van der Waals surface area contributed by atoms with Crippen LogP contribution in [-0.4, -0.2) is 24.7 Å². The monoisotopic (exact) mass is 358 g/mol. The quantitative estimate of drug-likeness (QED) is 0.341. The van der Waals surface area contributed by atoms with Gasteiger partial charge in [-0.05, 0) is 30.5 Å². The predicted octanol–water partition coefficient (Wildman–Crippen LogP) is 4.68. The Morgan fingerprint density at radius 2 is 1.58 bits per heavy atom. The number of unbranched alkanes of at least 4 members (excludes halogenated alkanes) is 6. The van der Waals surface area contributed by atoms with Crippen molar-refractivity contribution in [1.82, 2.24) is 0 Å². The van der Waals surface area contributed by atoms with Crippen molar-refractivity contribution in [2.24, 2.45) is 0 Å². The summed E-state index contributed by atoms with van der Waals surface area (Å²) in [7, 11) is -4.23. The number of benzene rings is 1. The molecule has 6 heteroatoms. The molecule has 0 unspecified atom stereocenters. The fourth-order valence-electron chi connectivity index (χ4n) is 2.02. The zero-order valence-corrected chi connectivity index (χ0v) is 15.3. The van der Waals surface area contributed by atoms with Crippen LogP contribution in [0, 0.1) is 0 Å². The molecule has 1 aromatic rings. The van der Waals surface area contributed by atoms with Crippen LogP contribution in [0.4, 0.5) is 0 Å². The van der Waals surface area contributed by atoms with Gasteiger partial charge in [0.25, 0.3) is 0 Å². The van der Waals surface area contributed by atoms with Crippen molar-refractivity contribution in [3.63, 3.8) is 0 Å². The van der Waals surface area contributed by atoms with Gasteiger partial charge in [-0.25, -0.2) is 4.18 Å². The molecule has 0 aliphatic carbocycles. The lowest BCUT2D eigenvalue weighted by Gasteiger charge is -2.00. The molecule has 0 aromatic heterocycles. The summed E-state index contributed by atoms with van der Waals surface area (Å²) in [6.07, 6.45) is 10.4. The molecule has 0 spiro atoms. The Hall–Kier alpha value is -1.37. The first-order valence-corrected chi connectivity index (χ1v) is 9.76. The molecule has 1 rings (SSSR count). The number of phenolic OH excluding ortho intramolecular Hbond substituents is 1. The minimum absolute atomic E-state index is 0.0899. The van der Waals surface area contributed by atoms with Gasteiger partial charge in [0, 0.05) is 0 Å². The van der Waals surface area contributed by atoms with Gasteiger partial charge in [-0.1, -0.05) is 63.7 Å². The van der Waals surface area contributed by atoms with Gasteiger partial charge in [0.2, 0.25) is 0 Å². The van der Waals surface area contributed by atoms with Crippen molar-refractivity contribution in [2.45, 2.75) is 58.3 Å². The smallest absolute Gasteiger partial charge is 0.397 e. The summed E-state index contributed by atoms with van der Waals surface area (Å²) in [5, 5.41) is 8.90. The van der Waals surface area contributed by atoms with Gasteiger partial charge in [0.05, 0.1) is 6.61 Å². The fraction of sp³-hybridized carbons (Fsp3) is 0.556. The lowest BCUT2D eigenvalue weighted by atomic mass is 10.1. The summed E-state index contributed by atoms with van der Waals surface area (Å²) in [5.41, 5.74) is 1.17. The zero-order valence-electron chi connectivity index (χ0n) is 14.5. The van der Waals surface area contributed by atoms with Gasteiger partial charge >= 0.3 is 10.4 Å². The van der Waals surface area contributed by atoms with Gasteiger partial charge in [0.1, 0.15) is 5.75 Å². The molecule has 138 valence electrons. The molecule has 0 fully saturated rings. The second-order valence-corrected chi connectivity index (χ2v) is 6.62. The average molecular weight is 358 g/mol. The molecule has 0 heterocycles. The molecular formula is C18H30O5S. The number of hydrogen-bond acceptors (Lipinski definition) is 4. The van der Waals surface area contributed by atoms with Crippen LogP contribution in [0.15, 0.2) is 36.9 Å². The van der Waals surface area contributed by atoms with Crippen LogP contribution in [0.3, 0.4) is 0 Å². The Morgan fingerprint density at radius 1 is 1.04 bits per heavy atom. The largest absolute Gasteiger partial charge is 0.508 e. The summed E-state index contributed by atoms with van der Waals surface area (Å²) in [6.45, 7) is 5.87. The van der Waals surface area contributed by atoms with E-state index in [-0.39, 0.29) is 6.61 Å². The van der Waals surface area contributed by atoms with Crippen LogP contribution >= 0.6 is 0 Å². The summed E-state index contributed by atoms with van der Waals surface area (Å²) in [6, 6.07) is 7.13. The van der Waals surface area contributed by atoms with Crippen LogP contribution in [0.5, 0.6) is 5.75 Å². The van der Waals surface area contributed by atoms with Crippen LogP contribution in [0.25, 0.3) is 0 Å². The molecule has 0 bridgehead atoms. The third-order valence-electron chi connectivity index (χ3n) is 3.30. The molecule has 2 N–H and O–H groups in total. The Labute approximate surface area is 146 Å². The highest BCUT2D eigenvalue weighted by molar-refractivity contribution is 7.80. The number of hydrogen-bond donors (Lipinski definition) is 2. The molecular weight excluding hydrogens is 328 g/mol. The Kier molecular flexibility index (Phi) is 13.2. The molecule has 0 saturated carbocycles. The van der Waals surface area contributed by atoms with Crippen LogP contribution < -0.4 is 0 Å². The minimum atomic E-state index is -4.23. The number of allylic oxidation sites excluding steroid dienone is 1. The van der Waals surface area contributed by atoms with Crippen LogP contribution in [-0.2, 0) is 21.0 Å². The van der Waals surface area contributed by atoms with E-state index in [1.165, 1.54) is 31.2 Å². The highest BCUT2D eigenvalue weighted by Gasteiger charge is 2.02. The molecule has 1 aromatic carbocycles. The Bertz CT molecular complexity index is 523. The molecule has 0 aliphatic heterocycles. The van der Waals surface area contributed by atoms with Gasteiger partial charge in [-0.3, -0.25) is 4.55 Å². The Balaban J connectivity index is 0.000000463. The van der Waals surface area contributed by atoms with E-state index in [0.717, 1.165) is 19.3 Å². The van der Waals surface area contributed by atoms with Crippen molar-refractivity contribution in [3.05, 3.63) is 42.5 Å². The van der Waals surface area contributed by atoms with Gasteiger partial charge in [-0.2, -0.15) is 8.42 Å². The van der Waals surface area contributed by atoms with E-state index in [0.29, 0.717) is 12.2 Å². The van der Waals surface area contributed by atoms with E-state index < -0.39 is 10.4 Å². The Morgan fingerprint density at radius 3 is 2.08 bits per heavy atom. The normalized spacial score (nSPS) is 10.8. The maximum Gasteiger partial charge on any atom is 0.397 e. The minimum Gasteiger partial charge on any atom is -0.508 e. The summed E-state index contributed by atoms with van der Waals surface area (Å²) in [4.78, 5) is 0. The standard InChI is InChI=1S/C9H20O4S.C9H10O/c1-2-3-4-5-6-7-8-9-13-14(10,11)12;1-2-3-8-4-6-9(10)7-5-8/h2-9H2,1H3,(H,10,11,12);2,4-7,10H,1,3H2. The average Bonchev–Trinajstić information content (AvgIpc) is 2.52. The molecule has 0 aliphatic rings. The van der Waals surface area contributed by atoms with E-state index in [1.807, 2.05) is 18.2 Å². The van der Waals surface area contributed by atoms with E-state index in [9.17, 15) is 8.42 Å². The van der Waals surface area contributed by atoms with Crippen molar-refractivity contribution in [2.75, 3.05) is 6.61 Å². The maximum atomic E-state index is 10.1. The number of rotatable bonds is 11. The van der Waals surface area contributed by atoms with Crippen molar-refractivity contribution < 1.29 is 22.3 Å². The lowest BCUT2D eigenvalue weighted by Crippen LogP contribution is -2.04. The molecule has 0 atom stereocenters. The molecule has 5 nitrogen and oxygen atoms in total. The lowest BCUT2D eigenvalue weighted by molar-refractivity contribution is 0.261. The van der Waals surface area contributed by atoms with E-state index in [2.05, 4.69) is 17.7 Å². The molecule has 24 heavy (non-hydrogen) atoms. The summed E-state index contributed by atoms with van der Waals surface area (Å²) < 4.78 is 32.7. The third kappa shape index (κ3) is 15.5. The summed E-state index contributed by atoms with van der Waals surface area (Å²) in [5.74, 6) is 0.313. The first kappa shape index (κ1) is 22.6. The van der Waals surface area contributed by atoms with E-state index in [4.69, 9.17) is 9.66 Å². The number of aromatic hydroxyl groups is 1. The zero-order chi connectivity index (χ0) is 18.3. The van der Waals surface area contributed by atoms with Crippen molar-refractivity contribution in [1.29, 1.82) is 0 Å². The topological polar surface area (TPSA) is 83.8 Å². The molecule has 0 radical (unpaired) electrons. The van der Waals surface area contributed by atoms with Crippen LogP contribution in [0.1, 0.15) is 57.4 Å². The highest BCUT2D eigenvalue weighted by Crippen LogP contribution is 2.09. The van der Waals surface area contributed by atoms with Crippen LogP contribution in [0.2, 0.25) is 0 Å². The first-order valence-electron chi connectivity index (χ1n) is 8.39. The first-order chi connectivity index (χ1) is 11.4. The van der Waals surface area contributed by atoms with E-state index in [1.54, 1.807) is 12.1 Å². The molecule has 0 amide bonds. The van der Waals surface area contributed by atoms with E-state index >= 15 is 0 Å². The van der Waals surface area contributed by atoms with Crippen molar-refractivity contribution in [3.8, 4) is 5.75 Å². The third-order valence-corrected chi connectivity index (χ3v) is 3.76. The predicted molar refractivity (Wildman–Crippen MR) is 97.5 cm³/mol. The highest BCUT2D eigenvalue weighted by atomic mass is 32.3. The second kappa shape index (κ2) is 14.0. The molecule has 0 saturated heterocycles. The maximum absolute atomic E-state index is 10.1. The fourth-order valence-corrected chi connectivity index (χ4v) is 2.35. The van der Waals surface area contributed by atoms with Gasteiger partial charge in [0.15, 0.2) is 0 Å². The summed E-state index contributed by atoms with van der Waals surface area (Å²) >= 11 is 0. The SMILES string of the molecule is C=CCc1ccc(O)cc1.CCCCCCCCCOS(=O)(=O)O. The van der Waals surface area contributed by atoms with Gasteiger partial charge in [-0.15, -0.1) is 6.58 Å².